The molecule has 2 aliphatic rings. The van der Waals surface area contributed by atoms with Gasteiger partial charge in [0.2, 0.25) is 0 Å². The second-order valence-electron chi connectivity index (χ2n) is 4.19. The third-order valence-corrected chi connectivity index (χ3v) is 3.01. The van der Waals surface area contributed by atoms with Gasteiger partial charge < -0.3 is 14.9 Å². The highest BCUT2D eigenvalue weighted by Crippen LogP contribution is 2.37. The molecule has 1 aliphatic carbocycles. The molecule has 1 aliphatic heterocycles. The lowest BCUT2D eigenvalue weighted by Crippen LogP contribution is -2.33. The summed E-state index contributed by atoms with van der Waals surface area (Å²) in [6, 6.07) is 0. The minimum Gasteiger partial charge on any atom is -0.423 e. The van der Waals surface area contributed by atoms with Crippen LogP contribution in [0.4, 0.5) is 0 Å². The Bertz CT molecular complexity index is 367. The first kappa shape index (κ1) is 11.4. The molecular formula is C12H16O4. The van der Waals surface area contributed by atoms with Crippen molar-refractivity contribution >= 4 is 5.97 Å². The van der Waals surface area contributed by atoms with Gasteiger partial charge >= 0.3 is 5.97 Å². The number of allylic oxidation sites excluding steroid dienone is 2. The van der Waals surface area contributed by atoms with Gasteiger partial charge in [-0.25, -0.2) is 4.79 Å². The SMILES string of the molecule is CCCC=C1OC(=O)C2=C1CC[C@@H](O)[C@H]2O. The van der Waals surface area contributed by atoms with E-state index in [4.69, 9.17) is 4.74 Å². The summed E-state index contributed by atoms with van der Waals surface area (Å²) in [6.45, 7) is 2.04. The van der Waals surface area contributed by atoms with E-state index in [1.54, 1.807) is 0 Å². The molecule has 16 heavy (non-hydrogen) atoms. The number of carbonyl (C=O) groups excluding carboxylic acids is 1. The van der Waals surface area contributed by atoms with Crippen molar-refractivity contribution in [2.75, 3.05) is 0 Å². The molecule has 0 radical (unpaired) electrons. The molecule has 0 spiro atoms. The highest BCUT2D eigenvalue weighted by atomic mass is 16.5. The van der Waals surface area contributed by atoms with Gasteiger partial charge in [-0.3, -0.25) is 0 Å². The zero-order chi connectivity index (χ0) is 11.7. The fraction of sp³-hybridized carbons (Fsp3) is 0.583. The molecule has 2 N–H and O–H groups in total. The Morgan fingerprint density at radius 3 is 2.94 bits per heavy atom. The second kappa shape index (κ2) is 4.39. The number of esters is 1. The zero-order valence-corrected chi connectivity index (χ0v) is 9.27. The van der Waals surface area contributed by atoms with Crippen LogP contribution in [0.2, 0.25) is 0 Å². The van der Waals surface area contributed by atoms with E-state index in [-0.39, 0.29) is 5.57 Å². The van der Waals surface area contributed by atoms with Gasteiger partial charge in [0.15, 0.2) is 0 Å². The lowest BCUT2D eigenvalue weighted by atomic mass is 9.87. The van der Waals surface area contributed by atoms with Crippen molar-refractivity contribution in [3.05, 3.63) is 23.0 Å². The van der Waals surface area contributed by atoms with E-state index in [0.717, 1.165) is 18.4 Å². The van der Waals surface area contributed by atoms with Crippen molar-refractivity contribution < 1.29 is 19.7 Å². The predicted molar refractivity (Wildman–Crippen MR) is 57.4 cm³/mol. The summed E-state index contributed by atoms with van der Waals surface area (Å²) in [5.41, 5.74) is 1.03. The van der Waals surface area contributed by atoms with Gasteiger partial charge in [-0.2, -0.15) is 0 Å². The summed E-state index contributed by atoms with van der Waals surface area (Å²) in [5.74, 6) is 0.0661. The van der Waals surface area contributed by atoms with Crippen LogP contribution in [-0.2, 0) is 9.53 Å². The summed E-state index contributed by atoms with van der Waals surface area (Å²) in [6.07, 6.45) is 2.83. The number of aliphatic hydroxyl groups is 2. The summed E-state index contributed by atoms with van der Waals surface area (Å²) in [7, 11) is 0. The van der Waals surface area contributed by atoms with Gasteiger partial charge in [0.1, 0.15) is 11.9 Å². The lowest BCUT2D eigenvalue weighted by molar-refractivity contribution is -0.135. The first-order valence-corrected chi connectivity index (χ1v) is 5.67. The monoisotopic (exact) mass is 224 g/mol. The normalized spacial score (nSPS) is 31.9. The Morgan fingerprint density at radius 2 is 2.25 bits per heavy atom. The van der Waals surface area contributed by atoms with Gasteiger partial charge in [0.25, 0.3) is 0 Å². The lowest BCUT2D eigenvalue weighted by Gasteiger charge is -2.22. The predicted octanol–water partition coefficient (Wildman–Crippen LogP) is 1.04. The van der Waals surface area contributed by atoms with E-state index in [9.17, 15) is 15.0 Å². The Morgan fingerprint density at radius 1 is 1.50 bits per heavy atom. The van der Waals surface area contributed by atoms with Gasteiger partial charge in [-0.1, -0.05) is 13.3 Å². The molecule has 0 saturated carbocycles. The summed E-state index contributed by atoms with van der Waals surface area (Å²) in [5, 5.41) is 19.2. The molecule has 4 nitrogen and oxygen atoms in total. The number of cyclic esters (lactones) is 1. The largest absolute Gasteiger partial charge is 0.423 e. The number of aliphatic hydroxyl groups excluding tert-OH is 2. The number of carbonyl (C=O) groups is 1. The van der Waals surface area contributed by atoms with Crippen molar-refractivity contribution in [1.29, 1.82) is 0 Å². The summed E-state index contributed by atoms with van der Waals surface area (Å²) >= 11 is 0. The molecule has 0 unspecified atom stereocenters. The maximum atomic E-state index is 11.5. The minimum atomic E-state index is -1.09. The molecule has 1 heterocycles. The van der Waals surface area contributed by atoms with Crippen LogP contribution in [0.15, 0.2) is 23.0 Å². The van der Waals surface area contributed by atoms with E-state index < -0.39 is 18.2 Å². The molecule has 0 aromatic rings. The second-order valence-corrected chi connectivity index (χ2v) is 4.19. The molecule has 2 rings (SSSR count). The van der Waals surface area contributed by atoms with Crippen LogP contribution in [-0.4, -0.2) is 28.4 Å². The first-order valence-electron chi connectivity index (χ1n) is 5.67. The Hall–Kier alpha value is -1.13. The van der Waals surface area contributed by atoms with Gasteiger partial charge in [-0.15, -0.1) is 0 Å². The quantitative estimate of drug-likeness (QED) is 0.688. The molecule has 4 heteroatoms. The van der Waals surface area contributed by atoms with Crippen LogP contribution in [0.25, 0.3) is 0 Å². The molecule has 0 aromatic heterocycles. The molecule has 2 atom stereocenters. The van der Waals surface area contributed by atoms with Crippen LogP contribution < -0.4 is 0 Å². The number of unbranched alkanes of at least 4 members (excludes halogenated alkanes) is 1. The summed E-state index contributed by atoms with van der Waals surface area (Å²) < 4.78 is 5.11. The van der Waals surface area contributed by atoms with Crippen molar-refractivity contribution in [2.45, 2.75) is 44.8 Å². The average molecular weight is 224 g/mol. The van der Waals surface area contributed by atoms with Gasteiger partial charge in [0.05, 0.1) is 11.7 Å². The maximum Gasteiger partial charge on any atom is 0.342 e. The number of hydrogen-bond donors (Lipinski definition) is 2. The molecule has 0 amide bonds. The number of ether oxygens (including phenoxy) is 1. The van der Waals surface area contributed by atoms with E-state index in [0.29, 0.717) is 18.6 Å². The molecule has 88 valence electrons. The Labute approximate surface area is 94.2 Å². The highest BCUT2D eigenvalue weighted by Gasteiger charge is 2.40. The molecule has 0 aromatic carbocycles. The first-order chi connectivity index (χ1) is 7.65. The zero-order valence-electron chi connectivity index (χ0n) is 9.27. The van der Waals surface area contributed by atoms with Gasteiger partial charge in [0, 0.05) is 5.57 Å². The fourth-order valence-corrected chi connectivity index (χ4v) is 2.11. The number of rotatable bonds is 2. The summed E-state index contributed by atoms with van der Waals surface area (Å²) in [4.78, 5) is 11.5. The Balaban J connectivity index is 2.31. The number of hydrogen-bond acceptors (Lipinski definition) is 4. The molecule has 0 saturated heterocycles. The smallest absolute Gasteiger partial charge is 0.342 e. The minimum absolute atomic E-state index is 0.251. The molecular weight excluding hydrogens is 208 g/mol. The highest BCUT2D eigenvalue weighted by molar-refractivity contribution is 5.96. The van der Waals surface area contributed by atoms with Crippen LogP contribution in [0.1, 0.15) is 32.6 Å². The van der Waals surface area contributed by atoms with Crippen molar-refractivity contribution in [2.24, 2.45) is 0 Å². The maximum absolute atomic E-state index is 11.5. The van der Waals surface area contributed by atoms with E-state index >= 15 is 0 Å². The van der Waals surface area contributed by atoms with Crippen LogP contribution >= 0.6 is 0 Å². The third-order valence-electron chi connectivity index (χ3n) is 3.01. The Kier molecular flexibility index (Phi) is 3.12. The van der Waals surface area contributed by atoms with Crippen molar-refractivity contribution in [3.63, 3.8) is 0 Å². The van der Waals surface area contributed by atoms with E-state index in [1.807, 2.05) is 13.0 Å². The van der Waals surface area contributed by atoms with Crippen LogP contribution in [0.3, 0.4) is 0 Å². The molecule has 0 bridgehead atoms. The average Bonchev–Trinajstić information content (AvgIpc) is 2.58. The topological polar surface area (TPSA) is 66.8 Å². The molecule has 0 fully saturated rings. The van der Waals surface area contributed by atoms with Crippen molar-refractivity contribution in [3.8, 4) is 0 Å². The standard InChI is InChI=1S/C12H16O4/c1-2-3-4-9-7-5-6-8(13)11(14)10(7)12(15)16-9/h4,8,11,13-14H,2-3,5-6H2,1H3/t8-,11-/m1/s1. The fourth-order valence-electron chi connectivity index (χ4n) is 2.11. The van der Waals surface area contributed by atoms with Crippen molar-refractivity contribution in [1.82, 2.24) is 0 Å². The van der Waals surface area contributed by atoms with Crippen LogP contribution in [0.5, 0.6) is 0 Å². The van der Waals surface area contributed by atoms with E-state index in [2.05, 4.69) is 0 Å². The van der Waals surface area contributed by atoms with Crippen LogP contribution in [0, 0.1) is 0 Å². The van der Waals surface area contributed by atoms with E-state index in [1.165, 1.54) is 0 Å². The third kappa shape index (κ3) is 1.79. The van der Waals surface area contributed by atoms with Gasteiger partial charge in [-0.05, 0) is 25.3 Å².